The Hall–Kier alpha value is -5.31. The monoisotopic (exact) mass is 802 g/mol. The molecule has 5 rings (SSSR count). The third kappa shape index (κ3) is 11.6. The molecule has 1 saturated heterocycles. The summed E-state index contributed by atoms with van der Waals surface area (Å²) < 4.78 is 12.2. The Morgan fingerprint density at radius 1 is 0.948 bits per heavy atom. The van der Waals surface area contributed by atoms with Gasteiger partial charge in [-0.3, -0.25) is 33.6 Å². The van der Waals surface area contributed by atoms with E-state index in [0.29, 0.717) is 37.4 Å². The van der Waals surface area contributed by atoms with Crippen LogP contribution in [0.5, 0.6) is 5.75 Å². The number of nitrogens with one attached hydrogen (secondary N) is 4. The minimum Gasteiger partial charge on any atom is -0.493 e. The Balaban J connectivity index is 1.29. The van der Waals surface area contributed by atoms with Crippen molar-refractivity contribution < 1.29 is 43.0 Å². The van der Waals surface area contributed by atoms with Crippen molar-refractivity contribution in [3.8, 4) is 5.75 Å². The van der Waals surface area contributed by atoms with Crippen LogP contribution >= 0.6 is 0 Å². The number of nitrogens with zero attached hydrogens (tertiary/aromatic N) is 2. The zero-order chi connectivity index (χ0) is 41.8. The lowest BCUT2D eigenvalue weighted by Crippen LogP contribution is -2.58. The second kappa shape index (κ2) is 20.9. The van der Waals surface area contributed by atoms with Gasteiger partial charge in [-0.2, -0.15) is 0 Å². The highest BCUT2D eigenvalue weighted by molar-refractivity contribution is 6.38. The maximum atomic E-state index is 14.6. The molecule has 2 aromatic rings. The fourth-order valence-electron chi connectivity index (χ4n) is 7.88. The fraction of sp³-hybridized carbons (Fsp3) is 0.558. The van der Waals surface area contributed by atoms with Gasteiger partial charge < -0.3 is 40.5 Å². The standard InChI is InChI=1S/C43H58N6O9/c1-5-13-32(39(52)41(54)44-25-36(51)47-37(42(55)48(3)4)29-14-8-6-9-15-29)45-40(53)33-24-31-26-49(33)43(56)38(30-16-10-7-11-17-30)46-35(50)23-28-19-18-27(2)34(22-28)58-21-12-20-57-31/h6,8-9,14-15,18-19,22,30-33,37-38H,5,7,10-13,16-17,20-21,23-26H2,1-4H3,(H,44,54)(H,45,53)(H,46,50)(H,47,51)/t31-,32+,33?,37+,38+/m1/s1. The van der Waals surface area contributed by atoms with Crippen LogP contribution in [0.3, 0.4) is 0 Å². The number of ketones is 1. The SMILES string of the molecule is CCC[C@H](NC(=O)C1C[C@@H]2CN1C(=O)[C@H](C1CCCCC1)NC(=O)Cc1ccc(C)c(c1)OCCCO2)C(=O)C(=O)NCC(=O)N[C@H](C(=O)N(C)C)c1ccccc1. The summed E-state index contributed by atoms with van der Waals surface area (Å²) in [4.78, 5) is 97.6. The molecule has 314 valence electrons. The Kier molecular flexibility index (Phi) is 15.8. The molecule has 1 aliphatic carbocycles. The number of carbonyl (C=O) groups is 7. The predicted molar refractivity (Wildman–Crippen MR) is 214 cm³/mol. The fourth-order valence-corrected chi connectivity index (χ4v) is 7.88. The van der Waals surface area contributed by atoms with E-state index in [1.165, 1.54) is 9.80 Å². The lowest BCUT2D eigenvalue weighted by molar-refractivity contribution is -0.144. The molecule has 0 spiro atoms. The number of hydrogen-bond donors (Lipinski definition) is 4. The average Bonchev–Trinajstić information content (AvgIpc) is 3.65. The summed E-state index contributed by atoms with van der Waals surface area (Å²) in [7, 11) is 3.12. The first-order valence-electron chi connectivity index (χ1n) is 20.5. The van der Waals surface area contributed by atoms with Crippen LogP contribution in [0.4, 0.5) is 0 Å². The van der Waals surface area contributed by atoms with Crippen molar-refractivity contribution in [3.63, 3.8) is 0 Å². The van der Waals surface area contributed by atoms with Gasteiger partial charge in [-0.05, 0) is 54.9 Å². The van der Waals surface area contributed by atoms with Crippen LogP contribution in [0.25, 0.3) is 0 Å². The third-order valence-corrected chi connectivity index (χ3v) is 11.0. The Labute approximate surface area is 340 Å². The number of rotatable bonds is 12. The van der Waals surface area contributed by atoms with Gasteiger partial charge in [-0.1, -0.05) is 75.1 Å². The van der Waals surface area contributed by atoms with Crippen molar-refractivity contribution in [1.29, 1.82) is 0 Å². The van der Waals surface area contributed by atoms with Gasteiger partial charge in [-0.15, -0.1) is 0 Å². The molecule has 1 saturated carbocycles. The maximum Gasteiger partial charge on any atom is 0.290 e. The molecule has 58 heavy (non-hydrogen) atoms. The largest absolute Gasteiger partial charge is 0.493 e. The number of fused-ring (bicyclic) bond motifs is 4. The minimum absolute atomic E-state index is 0.0507. The van der Waals surface area contributed by atoms with Crippen LogP contribution in [0.1, 0.15) is 87.4 Å². The topological polar surface area (TPSA) is 193 Å². The molecule has 0 radical (unpaired) electrons. The van der Waals surface area contributed by atoms with E-state index in [2.05, 4.69) is 21.3 Å². The number of benzene rings is 2. The van der Waals surface area contributed by atoms with E-state index in [1.54, 1.807) is 51.4 Å². The van der Waals surface area contributed by atoms with Gasteiger partial charge in [0.25, 0.3) is 5.91 Å². The van der Waals surface area contributed by atoms with Crippen molar-refractivity contribution in [3.05, 3.63) is 65.2 Å². The van der Waals surface area contributed by atoms with Crippen LogP contribution in [0.2, 0.25) is 0 Å². The number of ether oxygens (including phenoxy) is 2. The van der Waals surface area contributed by atoms with Crippen LogP contribution in [0, 0.1) is 12.8 Å². The molecule has 2 fully saturated rings. The van der Waals surface area contributed by atoms with Crippen molar-refractivity contribution in [2.45, 2.75) is 108 Å². The molecule has 4 bridgehead atoms. The second-order valence-corrected chi connectivity index (χ2v) is 15.7. The lowest BCUT2D eigenvalue weighted by atomic mass is 9.83. The second-order valence-electron chi connectivity index (χ2n) is 15.7. The third-order valence-electron chi connectivity index (χ3n) is 11.0. The molecule has 2 aromatic carbocycles. The van der Waals surface area contributed by atoms with Crippen molar-refractivity contribution >= 4 is 41.2 Å². The van der Waals surface area contributed by atoms with Crippen LogP contribution < -0.4 is 26.0 Å². The molecule has 5 atom stereocenters. The van der Waals surface area contributed by atoms with E-state index in [-0.39, 0.29) is 49.4 Å². The summed E-state index contributed by atoms with van der Waals surface area (Å²) in [5.74, 6) is -3.85. The van der Waals surface area contributed by atoms with Crippen LogP contribution in [-0.4, -0.2) is 116 Å². The number of amides is 6. The summed E-state index contributed by atoms with van der Waals surface area (Å²) in [5, 5.41) is 10.7. The lowest BCUT2D eigenvalue weighted by Gasteiger charge is -2.35. The van der Waals surface area contributed by atoms with E-state index in [9.17, 15) is 33.6 Å². The number of carbonyl (C=O) groups excluding carboxylic acids is 7. The molecule has 2 heterocycles. The van der Waals surface area contributed by atoms with Crippen molar-refractivity contribution in [1.82, 2.24) is 31.1 Å². The zero-order valence-corrected chi connectivity index (χ0v) is 34.1. The summed E-state index contributed by atoms with van der Waals surface area (Å²) in [6.07, 6.45) is 5.20. The van der Waals surface area contributed by atoms with E-state index in [1.807, 2.05) is 25.1 Å². The van der Waals surface area contributed by atoms with Gasteiger partial charge >= 0.3 is 0 Å². The Bertz CT molecular complexity index is 1800. The zero-order valence-electron chi connectivity index (χ0n) is 34.1. The highest BCUT2D eigenvalue weighted by Crippen LogP contribution is 2.31. The van der Waals surface area contributed by atoms with Gasteiger partial charge in [0, 0.05) is 33.5 Å². The summed E-state index contributed by atoms with van der Waals surface area (Å²) in [5.41, 5.74) is 2.24. The maximum absolute atomic E-state index is 14.6. The van der Waals surface area contributed by atoms with Crippen LogP contribution in [-0.2, 0) is 44.7 Å². The summed E-state index contributed by atoms with van der Waals surface area (Å²) in [6, 6.07) is 10.1. The first-order valence-corrected chi connectivity index (χ1v) is 20.5. The minimum atomic E-state index is -1.24. The predicted octanol–water partition coefficient (Wildman–Crippen LogP) is 2.29. The van der Waals surface area contributed by atoms with E-state index in [0.717, 1.165) is 43.2 Å². The summed E-state index contributed by atoms with van der Waals surface area (Å²) in [6.45, 7) is 3.95. The molecule has 6 amide bonds. The molecular weight excluding hydrogens is 745 g/mol. The Morgan fingerprint density at radius 2 is 1.69 bits per heavy atom. The molecular formula is C43H58N6O9. The number of aryl methyl sites for hydroxylation is 1. The molecule has 0 aromatic heterocycles. The average molecular weight is 803 g/mol. The van der Waals surface area contributed by atoms with Crippen LogP contribution in [0.15, 0.2) is 48.5 Å². The smallest absolute Gasteiger partial charge is 0.290 e. The molecule has 2 aliphatic heterocycles. The molecule has 3 aliphatic rings. The van der Waals surface area contributed by atoms with E-state index < -0.39 is 60.3 Å². The van der Waals surface area contributed by atoms with Crippen molar-refractivity contribution in [2.24, 2.45) is 5.92 Å². The summed E-state index contributed by atoms with van der Waals surface area (Å²) >= 11 is 0. The normalized spacial score (nSPS) is 21.4. The highest BCUT2D eigenvalue weighted by Gasteiger charge is 2.45. The number of likely N-dealkylation sites (N-methyl/N-ethyl adjacent to an activating group) is 1. The number of hydrogen-bond acceptors (Lipinski definition) is 9. The van der Waals surface area contributed by atoms with E-state index >= 15 is 0 Å². The Morgan fingerprint density at radius 3 is 2.40 bits per heavy atom. The quantitative estimate of drug-likeness (QED) is 0.233. The van der Waals surface area contributed by atoms with Gasteiger partial charge in [-0.25, -0.2) is 0 Å². The van der Waals surface area contributed by atoms with Gasteiger partial charge in [0.1, 0.15) is 23.9 Å². The molecule has 15 heteroatoms. The molecule has 15 nitrogen and oxygen atoms in total. The van der Waals surface area contributed by atoms with Gasteiger partial charge in [0.2, 0.25) is 35.3 Å². The van der Waals surface area contributed by atoms with Crippen molar-refractivity contribution in [2.75, 3.05) is 40.4 Å². The highest BCUT2D eigenvalue weighted by atomic mass is 16.5. The number of Topliss-reactive ketones (excluding diaryl/α,β-unsaturated/α-hetero) is 1. The van der Waals surface area contributed by atoms with E-state index in [4.69, 9.17) is 9.47 Å². The first-order chi connectivity index (χ1) is 27.9. The first kappa shape index (κ1) is 43.8. The van der Waals surface area contributed by atoms with Gasteiger partial charge in [0.15, 0.2) is 0 Å². The molecule has 4 N–H and O–H groups in total. The molecule has 1 unspecified atom stereocenters. The van der Waals surface area contributed by atoms with Gasteiger partial charge in [0.05, 0.1) is 38.3 Å².